The van der Waals surface area contributed by atoms with Crippen LogP contribution in [0.25, 0.3) is 12.2 Å². The molecule has 0 spiro atoms. The van der Waals surface area contributed by atoms with E-state index in [0.29, 0.717) is 0 Å². The highest BCUT2D eigenvalue weighted by molar-refractivity contribution is 9.11. The lowest BCUT2D eigenvalue weighted by molar-refractivity contribution is 1.82. The van der Waals surface area contributed by atoms with Crippen LogP contribution in [0.3, 0.4) is 0 Å². The highest BCUT2D eigenvalue weighted by atomic mass is 79.9. The number of hydrogen-bond acceptors (Lipinski definition) is 2. The molecule has 0 bridgehead atoms. The zero-order chi connectivity index (χ0) is 9.97. The molecule has 2 rings (SSSR count). The summed E-state index contributed by atoms with van der Waals surface area (Å²) in [5, 5.41) is 4.15. The fourth-order valence-corrected chi connectivity index (χ4v) is 3.80. The van der Waals surface area contributed by atoms with Crippen molar-refractivity contribution in [1.29, 1.82) is 0 Å². The fourth-order valence-electron chi connectivity index (χ4n) is 1.00. The molecule has 0 radical (unpaired) electrons. The van der Waals surface area contributed by atoms with E-state index in [-0.39, 0.29) is 0 Å². The second-order valence-corrected chi connectivity index (χ2v) is 6.20. The lowest BCUT2D eigenvalue weighted by Gasteiger charge is -1.88. The first-order valence-electron chi connectivity index (χ1n) is 3.91. The van der Waals surface area contributed by atoms with Crippen LogP contribution in [0.1, 0.15) is 9.75 Å². The SMILES string of the molecule is Brc1ccsc1/C=C/c1sccc1Br. The lowest BCUT2D eigenvalue weighted by atomic mass is 10.4. The van der Waals surface area contributed by atoms with Gasteiger partial charge in [0.2, 0.25) is 0 Å². The Morgan fingerprint density at radius 2 is 1.29 bits per heavy atom. The minimum atomic E-state index is 1.16. The van der Waals surface area contributed by atoms with Crippen LogP contribution in [0.4, 0.5) is 0 Å². The van der Waals surface area contributed by atoms with Crippen LogP contribution in [-0.2, 0) is 0 Å². The molecular formula is C10H6Br2S2. The van der Waals surface area contributed by atoms with Crippen molar-refractivity contribution in [3.05, 3.63) is 41.6 Å². The van der Waals surface area contributed by atoms with Crippen molar-refractivity contribution in [3.63, 3.8) is 0 Å². The van der Waals surface area contributed by atoms with Crippen LogP contribution in [0.15, 0.2) is 31.8 Å². The van der Waals surface area contributed by atoms with E-state index >= 15 is 0 Å². The molecule has 0 fully saturated rings. The van der Waals surface area contributed by atoms with E-state index in [1.54, 1.807) is 22.7 Å². The molecular weight excluding hydrogens is 344 g/mol. The van der Waals surface area contributed by atoms with Crippen molar-refractivity contribution in [2.45, 2.75) is 0 Å². The van der Waals surface area contributed by atoms with Crippen molar-refractivity contribution in [2.24, 2.45) is 0 Å². The van der Waals surface area contributed by atoms with Crippen LogP contribution in [0.2, 0.25) is 0 Å². The molecule has 2 aromatic heterocycles. The largest absolute Gasteiger partial charge is 0.143 e. The van der Waals surface area contributed by atoms with Gasteiger partial charge in [0.25, 0.3) is 0 Å². The standard InChI is InChI=1S/C10H6Br2S2/c11-7-3-5-13-9(7)1-2-10-8(12)4-6-14-10/h1-6H/b2-1+. The normalized spacial score (nSPS) is 11.3. The Morgan fingerprint density at radius 1 is 0.857 bits per heavy atom. The van der Waals surface area contributed by atoms with E-state index in [9.17, 15) is 0 Å². The molecule has 4 heteroatoms. The van der Waals surface area contributed by atoms with Crippen molar-refractivity contribution < 1.29 is 0 Å². The van der Waals surface area contributed by atoms with Gasteiger partial charge in [0.05, 0.1) is 0 Å². The molecule has 0 aromatic carbocycles. The Morgan fingerprint density at radius 3 is 1.57 bits per heavy atom. The molecule has 0 unspecified atom stereocenters. The lowest BCUT2D eigenvalue weighted by Crippen LogP contribution is -1.63. The van der Waals surface area contributed by atoms with Gasteiger partial charge in [0.1, 0.15) is 0 Å². The summed E-state index contributed by atoms with van der Waals surface area (Å²) in [5.41, 5.74) is 0. The van der Waals surface area contributed by atoms with Gasteiger partial charge in [-0.05, 0) is 66.9 Å². The van der Waals surface area contributed by atoms with Crippen molar-refractivity contribution in [1.82, 2.24) is 0 Å². The van der Waals surface area contributed by atoms with Gasteiger partial charge in [-0.25, -0.2) is 0 Å². The average Bonchev–Trinajstić information content (AvgIpc) is 2.72. The van der Waals surface area contributed by atoms with Crippen LogP contribution in [0, 0.1) is 0 Å². The van der Waals surface area contributed by atoms with Crippen molar-refractivity contribution in [2.75, 3.05) is 0 Å². The maximum atomic E-state index is 3.50. The number of hydrogen-bond donors (Lipinski definition) is 0. The Labute approximate surface area is 108 Å². The molecule has 2 heterocycles. The molecule has 0 N–H and O–H groups in total. The van der Waals surface area contributed by atoms with Gasteiger partial charge in [0.15, 0.2) is 0 Å². The van der Waals surface area contributed by atoms with Crippen LogP contribution < -0.4 is 0 Å². The van der Waals surface area contributed by atoms with Gasteiger partial charge >= 0.3 is 0 Å². The Hall–Kier alpha value is 0.1000. The zero-order valence-electron chi connectivity index (χ0n) is 7.04. The average molecular weight is 350 g/mol. The molecule has 72 valence electrons. The van der Waals surface area contributed by atoms with E-state index in [1.165, 1.54) is 9.75 Å². The van der Waals surface area contributed by atoms with Crippen molar-refractivity contribution >= 4 is 66.7 Å². The van der Waals surface area contributed by atoms with Crippen LogP contribution in [-0.4, -0.2) is 0 Å². The minimum absolute atomic E-state index is 1.16. The van der Waals surface area contributed by atoms with E-state index in [2.05, 4.69) is 66.9 Å². The van der Waals surface area contributed by atoms with Gasteiger partial charge in [0, 0.05) is 18.7 Å². The number of halogens is 2. The maximum Gasteiger partial charge on any atom is 0.0412 e. The summed E-state index contributed by atoms with van der Waals surface area (Å²) in [6.07, 6.45) is 4.26. The minimum Gasteiger partial charge on any atom is -0.143 e. The summed E-state index contributed by atoms with van der Waals surface area (Å²) in [7, 11) is 0. The topological polar surface area (TPSA) is 0 Å². The highest BCUT2D eigenvalue weighted by Crippen LogP contribution is 2.28. The molecule has 0 atom stereocenters. The number of rotatable bonds is 2. The Bertz CT molecular complexity index is 412. The third kappa shape index (κ3) is 2.37. The second kappa shape index (κ2) is 4.75. The quantitative estimate of drug-likeness (QED) is 0.671. The molecule has 0 aliphatic rings. The Kier molecular flexibility index (Phi) is 3.60. The monoisotopic (exact) mass is 348 g/mol. The first-order chi connectivity index (χ1) is 6.77. The summed E-state index contributed by atoms with van der Waals surface area (Å²) in [6.45, 7) is 0. The molecule has 0 nitrogen and oxygen atoms in total. The van der Waals surface area contributed by atoms with E-state index in [0.717, 1.165) is 8.95 Å². The smallest absolute Gasteiger partial charge is 0.0412 e. The van der Waals surface area contributed by atoms with Gasteiger partial charge < -0.3 is 0 Å². The van der Waals surface area contributed by atoms with E-state index in [4.69, 9.17) is 0 Å². The van der Waals surface area contributed by atoms with Gasteiger partial charge in [-0.2, -0.15) is 0 Å². The second-order valence-electron chi connectivity index (χ2n) is 2.60. The van der Waals surface area contributed by atoms with Gasteiger partial charge in [-0.3, -0.25) is 0 Å². The first-order valence-corrected chi connectivity index (χ1v) is 7.26. The van der Waals surface area contributed by atoms with Gasteiger partial charge in [-0.15, -0.1) is 22.7 Å². The first kappa shape index (κ1) is 10.6. The molecule has 0 aliphatic heterocycles. The molecule has 0 saturated carbocycles. The third-order valence-corrected chi connectivity index (χ3v) is 5.35. The maximum absolute atomic E-state index is 3.50. The summed E-state index contributed by atoms with van der Waals surface area (Å²) in [5.74, 6) is 0. The zero-order valence-corrected chi connectivity index (χ0v) is 11.8. The third-order valence-electron chi connectivity index (χ3n) is 1.68. The summed E-state index contributed by atoms with van der Waals surface area (Å²) in [4.78, 5) is 2.51. The molecule has 2 aromatic rings. The molecule has 0 aliphatic carbocycles. The van der Waals surface area contributed by atoms with E-state index < -0.39 is 0 Å². The fraction of sp³-hybridized carbons (Fsp3) is 0. The van der Waals surface area contributed by atoms with Crippen LogP contribution in [0.5, 0.6) is 0 Å². The summed E-state index contributed by atoms with van der Waals surface area (Å²) >= 11 is 10.5. The predicted octanol–water partition coefficient (Wildman–Crippen LogP) is 5.51. The van der Waals surface area contributed by atoms with Gasteiger partial charge in [-0.1, -0.05) is 0 Å². The highest BCUT2D eigenvalue weighted by Gasteiger charge is 1.98. The molecule has 0 saturated heterocycles. The van der Waals surface area contributed by atoms with E-state index in [1.807, 2.05) is 0 Å². The molecule has 14 heavy (non-hydrogen) atoms. The van der Waals surface area contributed by atoms with Crippen molar-refractivity contribution in [3.8, 4) is 0 Å². The predicted molar refractivity (Wildman–Crippen MR) is 73.0 cm³/mol. The molecule has 0 amide bonds. The summed E-state index contributed by atoms with van der Waals surface area (Å²) < 4.78 is 2.32. The Balaban J connectivity index is 2.23. The summed E-state index contributed by atoms with van der Waals surface area (Å²) in [6, 6.07) is 4.13. The number of thiophene rings is 2. The van der Waals surface area contributed by atoms with Crippen LogP contribution >= 0.6 is 54.5 Å².